The third-order valence-corrected chi connectivity index (χ3v) is 7.98. The molecule has 2 fully saturated rings. The van der Waals surface area contributed by atoms with Gasteiger partial charge in [-0.1, -0.05) is 30.1 Å². The number of fused-ring (bicyclic) bond motifs is 2. The molecule has 0 aliphatic carbocycles. The zero-order chi connectivity index (χ0) is 26.9. The third kappa shape index (κ3) is 6.89. The number of benzene rings is 1. The second kappa shape index (κ2) is 13.6. The Morgan fingerprint density at radius 3 is 2.54 bits per heavy atom. The summed E-state index contributed by atoms with van der Waals surface area (Å²) in [6.45, 7) is 3.51. The van der Waals surface area contributed by atoms with Crippen LogP contribution in [0, 0.1) is 0 Å². The molecule has 0 bridgehead atoms. The Kier molecular flexibility index (Phi) is 10.5. The summed E-state index contributed by atoms with van der Waals surface area (Å²) in [5.74, 6) is 0.265. The molecule has 2 saturated heterocycles. The number of likely N-dealkylation sites (N-methyl/N-ethyl adjacent to an activating group) is 1. The number of carbonyl (C=O) groups excluding carboxylic acids is 5. The largest absolute Gasteiger partial charge is 0.493 e. The van der Waals surface area contributed by atoms with Crippen LogP contribution in [0.15, 0.2) is 24.3 Å². The topological polar surface area (TPSA) is 137 Å². The molecule has 3 heterocycles. The molecule has 12 heteroatoms. The number of carbonyl (C=O) groups is 3. The Hall–Kier alpha value is -2.92. The fourth-order valence-corrected chi connectivity index (χ4v) is 5.65. The highest BCUT2D eigenvalue weighted by atomic mass is 32.2. The Labute approximate surface area is 221 Å². The number of para-hydroxylation sites is 1. The molecule has 0 unspecified atom stereocenters. The number of ether oxygens (including phenoxy) is 1. The monoisotopic (exact) mass is 533 g/mol. The van der Waals surface area contributed by atoms with Gasteiger partial charge < -0.3 is 25.6 Å². The van der Waals surface area contributed by atoms with E-state index < -0.39 is 18.1 Å². The first kappa shape index (κ1) is 28.6. The summed E-state index contributed by atoms with van der Waals surface area (Å²) in [4.78, 5) is 57.8. The van der Waals surface area contributed by atoms with Crippen molar-refractivity contribution in [2.24, 2.45) is 0 Å². The van der Waals surface area contributed by atoms with E-state index in [2.05, 4.69) is 20.3 Å². The molecule has 3 aliphatic heterocycles. The maximum atomic E-state index is 13.7. The predicted octanol–water partition coefficient (Wildman–Crippen LogP) is 0.479. The predicted molar refractivity (Wildman–Crippen MR) is 136 cm³/mol. The molecule has 0 aromatic heterocycles. The van der Waals surface area contributed by atoms with E-state index in [1.165, 1.54) is 0 Å². The Balaban J connectivity index is 0.00000121. The van der Waals surface area contributed by atoms with Crippen LogP contribution in [0.4, 0.5) is 0 Å². The zero-order valence-electron chi connectivity index (χ0n) is 21.4. The van der Waals surface area contributed by atoms with Crippen LogP contribution < -0.4 is 20.7 Å². The van der Waals surface area contributed by atoms with Crippen LogP contribution in [0.1, 0.15) is 44.2 Å². The molecule has 4 rings (SSSR count). The SMILES string of the molecule is CN[C@@H](C)C(=O)N[C@H]1CN(SC)CC[C@H]2CC[C@@H](C(=O)N[C@@H]3CCOc4ccccc43)N2C1=O.O=C=O. The highest BCUT2D eigenvalue weighted by Gasteiger charge is 2.45. The van der Waals surface area contributed by atoms with Gasteiger partial charge in [-0.15, -0.1) is 0 Å². The van der Waals surface area contributed by atoms with Crippen LogP contribution in [0.2, 0.25) is 0 Å². The van der Waals surface area contributed by atoms with Gasteiger partial charge in [0.05, 0.1) is 18.7 Å². The summed E-state index contributed by atoms with van der Waals surface area (Å²) in [5.41, 5.74) is 0.970. The fourth-order valence-electron chi connectivity index (χ4n) is 5.06. The molecule has 11 nitrogen and oxygen atoms in total. The molecule has 1 aromatic rings. The maximum absolute atomic E-state index is 13.7. The fraction of sp³-hybridized carbons (Fsp3) is 0.600. The van der Waals surface area contributed by atoms with Crippen molar-refractivity contribution in [1.82, 2.24) is 25.2 Å². The second-order valence-electron chi connectivity index (χ2n) is 9.24. The van der Waals surface area contributed by atoms with Crippen molar-refractivity contribution >= 4 is 35.8 Å². The van der Waals surface area contributed by atoms with Gasteiger partial charge in [0, 0.05) is 31.1 Å². The molecule has 0 radical (unpaired) electrons. The molecule has 5 atom stereocenters. The van der Waals surface area contributed by atoms with Crippen molar-refractivity contribution in [3.8, 4) is 5.75 Å². The number of hydrogen-bond acceptors (Lipinski definition) is 9. The lowest BCUT2D eigenvalue weighted by atomic mass is 10.00. The molecule has 3 amide bonds. The van der Waals surface area contributed by atoms with Crippen molar-refractivity contribution in [2.45, 2.75) is 62.8 Å². The van der Waals surface area contributed by atoms with Crippen molar-refractivity contribution in [2.75, 3.05) is 33.0 Å². The lowest BCUT2D eigenvalue weighted by molar-refractivity contribution is -0.191. The molecule has 0 saturated carbocycles. The second-order valence-corrected chi connectivity index (χ2v) is 10.1. The molecular formula is C25H35N5O6S. The summed E-state index contributed by atoms with van der Waals surface area (Å²) >= 11 is 1.58. The van der Waals surface area contributed by atoms with Crippen molar-refractivity contribution in [1.29, 1.82) is 0 Å². The number of hydrogen-bond donors (Lipinski definition) is 3. The van der Waals surface area contributed by atoms with Gasteiger partial charge in [0.1, 0.15) is 17.8 Å². The van der Waals surface area contributed by atoms with E-state index in [4.69, 9.17) is 14.3 Å². The van der Waals surface area contributed by atoms with Gasteiger partial charge in [-0.05, 0) is 45.6 Å². The van der Waals surface area contributed by atoms with E-state index >= 15 is 0 Å². The Morgan fingerprint density at radius 1 is 1.11 bits per heavy atom. The van der Waals surface area contributed by atoms with Gasteiger partial charge >= 0.3 is 6.15 Å². The van der Waals surface area contributed by atoms with Gasteiger partial charge in [0.2, 0.25) is 17.7 Å². The van der Waals surface area contributed by atoms with Gasteiger partial charge in [-0.2, -0.15) is 9.59 Å². The molecule has 1 aromatic carbocycles. The highest BCUT2D eigenvalue weighted by molar-refractivity contribution is 7.96. The summed E-state index contributed by atoms with van der Waals surface area (Å²) in [5, 5.41) is 9.03. The molecule has 3 N–H and O–H groups in total. The normalized spacial score (nSPS) is 26.0. The average molecular weight is 534 g/mol. The molecule has 0 spiro atoms. The first-order valence-corrected chi connectivity index (χ1v) is 13.6. The Bertz CT molecular complexity index is 1000. The van der Waals surface area contributed by atoms with Gasteiger partial charge in [0.15, 0.2) is 0 Å². The van der Waals surface area contributed by atoms with E-state index in [9.17, 15) is 14.4 Å². The zero-order valence-corrected chi connectivity index (χ0v) is 22.2. The molecular weight excluding hydrogens is 498 g/mol. The quantitative estimate of drug-likeness (QED) is 0.446. The van der Waals surface area contributed by atoms with E-state index in [1.54, 1.807) is 30.8 Å². The van der Waals surface area contributed by atoms with Gasteiger partial charge in [-0.3, -0.25) is 14.4 Å². The summed E-state index contributed by atoms with van der Waals surface area (Å²) in [7, 11) is 1.71. The average Bonchev–Trinajstić information content (AvgIpc) is 3.33. The first-order chi connectivity index (χ1) is 17.8. The van der Waals surface area contributed by atoms with Crippen LogP contribution >= 0.6 is 11.9 Å². The summed E-state index contributed by atoms with van der Waals surface area (Å²) < 4.78 is 7.85. The van der Waals surface area contributed by atoms with Crippen LogP contribution in [0.25, 0.3) is 0 Å². The Morgan fingerprint density at radius 2 is 1.84 bits per heavy atom. The van der Waals surface area contributed by atoms with Crippen molar-refractivity contribution in [3.05, 3.63) is 29.8 Å². The molecule has 202 valence electrons. The van der Waals surface area contributed by atoms with Crippen LogP contribution in [0.5, 0.6) is 5.75 Å². The van der Waals surface area contributed by atoms with Crippen LogP contribution in [-0.4, -0.2) is 90.2 Å². The number of nitrogens with one attached hydrogen (secondary N) is 3. The van der Waals surface area contributed by atoms with Crippen molar-refractivity contribution in [3.63, 3.8) is 0 Å². The molecule has 37 heavy (non-hydrogen) atoms. The lowest BCUT2D eigenvalue weighted by Gasteiger charge is -2.38. The number of nitrogens with zero attached hydrogens (tertiary/aromatic N) is 2. The minimum absolute atomic E-state index is 0.0127. The highest BCUT2D eigenvalue weighted by Crippen LogP contribution is 2.34. The first-order valence-electron chi connectivity index (χ1n) is 12.4. The minimum Gasteiger partial charge on any atom is -0.493 e. The third-order valence-electron chi connectivity index (χ3n) is 7.13. The number of amides is 3. The van der Waals surface area contributed by atoms with E-state index in [1.807, 2.05) is 30.5 Å². The van der Waals surface area contributed by atoms with Crippen LogP contribution in [0.3, 0.4) is 0 Å². The molecule has 3 aliphatic rings. The minimum atomic E-state index is -0.698. The lowest BCUT2D eigenvalue weighted by Crippen LogP contribution is -2.61. The van der Waals surface area contributed by atoms with Crippen LogP contribution in [-0.2, 0) is 24.0 Å². The van der Waals surface area contributed by atoms with E-state index in [0.29, 0.717) is 26.0 Å². The standard InChI is InChI=1S/C24H35N5O4S.CO2/c1-15(25-2)22(30)27-19-14-28(34-3)12-10-16-8-9-20(29(16)24(19)32)23(31)26-18-11-13-33-21-7-5-4-6-17(18)21;2-1-3/h4-7,15-16,18-20,25H,8-14H2,1-3H3,(H,26,31)(H,27,30);/t15-,16+,18+,19-,20-;/m0./s1. The van der Waals surface area contributed by atoms with Crippen molar-refractivity contribution < 1.29 is 28.7 Å². The number of rotatable bonds is 6. The van der Waals surface area contributed by atoms with Gasteiger partial charge in [-0.25, -0.2) is 4.31 Å². The summed E-state index contributed by atoms with van der Waals surface area (Å²) in [6, 6.07) is 5.96. The summed E-state index contributed by atoms with van der Waals surface area (Å²) in [6.07, 6.45) is 5.14. The van der Waals surface area contributed by atoms with Gasteiger partial charge in [0.25, 0.3) is 0 Å². The van der Waals surface area contributed by atoms with E-state index in [-0.39, 0.29) is 36.0 Å². The maximum Gasteiger partial charge on any atom is 0.373 e. The van der Waals surface area contributed by atoms with E-state index in [0.717, 1.165) is 30.7 Å². The smallest absolute Gasteiger partial charge is 0.373 e.